The van der Waals surface area contributed by atoms with Crippen LogP contribution in [0.4, 0.5) is 0 Å². The van der Waals surface area contributed by atoms with Crippen LogP contribution in [0, 0.1) is 6.92 Å². The third kappa shape index (κ3) is 2.47. The molecule has 0 atom stereocenters. The zero-order valence-corrected chi connectivity index (χ0v) is 10.3. The Bertz CT molecular complexity index is 642. The zero-order valence-electron chi connectivity index (χ0n) is 10.3. The van der Waals surface area contributed by atoms with Crippen LogP contribution >= 0.6 is 0 Å². The van der Waals surface area contributed by atoms with Gasteiger partial charge in [0.05, 0.1) is 0 Å². The molecule has 2 aromatic rings. The van der Waals surface area contributed by atoms with Gasteiger partial charge < -0.3 is 10.2 Å². The number of aromatic carboxylic acids is 1. The Morgan fingerprint density at radius 2 is 1.63 bits per heavy atom. The summed E-state index contributed by atoms with van der Waals surface area (Å²) in [5.41, 5.74) is 1.01. The van der Waals surface area contributed by atoms with E-state index in [9.17, 15) is 14.7 Å². The number of aryl methyl sites for hydroxylation is 1. The second-order valence-corrected chi connectivity index (χ2v) is 4.20. The molecule has 2 N–H and O–H groups in total. The highest BCUT2D eigenvalue weighted by molar-refractivity contribution is 6.15. The lowest BCUT2D eigenvalue weighted by atomic mass is 9.97. The summed E-state index contributed by atoms with van der Waals surface area (Å²) in [6, 6.07) is 10.9. The molecule has 0 aliphatic carbocycles. The minimum Gasteiger partial charge on any atom is -0.507 e. The maximum atomic E-state index is 12.3. The van der Waals surface area contributed by atoms with E-state index in [2.05, 4.69) is 0 Å². The predicted molar refractivity (Wildman–Crippen MR) is 69.7 cm³/mol. The van der Waals surface area contributed by atoms with Crippen molar-refractivity contribution in [1.82, 2.24) is 0 Å². The van der Waals surface area contributed by atoms with Crippen LogP contribution in [0.25, 0.3) is 0 Å². The van der Waals surface area contributed by atoms with Crippen molar-refractivity contribution in [1.29, 1.82) is 0 Å². The Hall–Kier alpha value is -2.62. The first kappa shape index (κ1) is 12.8. The molecule has 0 aromatic heterocycles. The molecule has 0 spiro atoms. The number of aromatic hydroxyl groups is 1. The van der Waals surface area contributed by atoms with Gasteiger partial charge in [0.1, 0.15) is 11.3 Å². The van der Waals surface area contributed by atoms with Gasteiger partial charge >= 0.3 is 5.97 Å². The molecule has 0 bridgehead atoms. The van der Waals surface area contributed by atoms with Gasteiger partial charge in [-0.3, -0.25) is 4.79 Å². The highest BCUT2D eigenvalue weighted by atomic mass is 16.4. The summed E-state index contributed by atoms with van der Waals surface area (Å²) < 4.78 is 0. The molecule has 0 unspecified atom stereocenters. The Morgan fingerprint density at radius 3 is 2.21 bits per heavy atom. The summed E-state index contributed by atoms with van der Waals surface area (Å²) in [5, 5.41) is 18.6. The minimum atomic E-state index is -1.33. The fraction of sp³-hybridized carbons (Fsp3) is 0.0667. The molecule has 0 saturated carbocycles. The van der Waals surface area contributed by atoms with E-state index in [-0.39, 0.29) is 11.1 Å². The molecule has 0 radical (unpaired) electrons. The van der Waals surface area contributed by atoms with Crippen LogP contribution in [0.5, 0.6) is 5.75 Å². The van der Waals surface area contributed by atoms with Crippen LogP contribution in [-0.4, -0.2) is 22.0 Å². The zero-order chi connectivity index (χ0) is 14.0. The number of rotatable bonds is 3. The number of carboxylic acids is 1. The Kier molecular flexibility index (Phi) is 3.33. The smallest absolute Gasteiger partial charge is 0.340 e. The predicted octanol–water partition coefficient (Wildman–Crippen LogP) is 2.63. The van der Waals surface area contributed by atoms with Crippen molar-refractivity contribution in [3.63, 3.8) is 0 Å². The Labute approximate surface area is 109 Å². The maximum Gasteiger partial charge on any atom is 0.340 e. The SMILES string of the molecule is Cc1ccc(C(=O)c2cccc(O)c2C(=O)O)cc1. The number of hydrogen-bond acceptors (Lipinski definition) is 3. The maximum absolute atomic E-state index is 12.3. The van der Waals surface area contributed by atoms with Gasteiger partial charge in [-0.1, -0.05) is 35.9 Å². The van der Waals surface area contributed by atoms with Crippen LogP contribution in [-0.2, 0) is 0 Å². The van der Waals surface area contributed by atoms with Crippen LogP contribution in [0.1, 0.15) is 31.8 Å². The number of carbonyl (C=O) groups is 2. The molecule has 0 aliphatic heterocycles. The van der Waals surface area contributed by atoms with Crippen LogP contribution in [0.2, 0.25) is 0 Å². The lowest BCUT2D eigenvalue weighted by Crippen LogP contribution is -2.09. The molecule has 19 heavy (non-hydrogen) atoms. The van der Waals surface area contributed by atoms with Crippen LogP contribution < -0.4 is 0 Å². The van der Waals surface area contributed by atoms with Gasteiger partial charge in [-0.2, -0.15) is 0 Å². The molecule has 0 fully saturated rings. The molecule has 0 aliphatic rings. The fourth-order valence-electron chi connectivity index (χ4n) is 1.81. The van der Waals surface area contributed by atoms with Crippen LogP contribution in [0.15, 0.2) is 42.5 Å². The Morgan fingerprint density at radius 1 is 1.00 bits per heavy atom. The van der Waals surface area contributed by atoms with Crippen molar-refractivity contribution < 1.29 is 19.8 Å². The standard InChI is InChI=1S/C15H12O4/c1-9-5-7-10(8-6-9)14(17)11-3-2-4-12(16)13(11)15(18)19/h2-8,16H,1H3,(H,18,19). The molecule has 2 aromatic carbocycles. The van der Waals surface area contributed by atoms with Gasteiger partial charge in [-0.15, -0.1) is 0 Å². The Balaban J connectivity index is 2.53. The summed E-state index contributed by atoms with van der Waals surface area (Å²) >= 11 is 0. The second kappa shape index (κ2) is 4.94. The molecule has 0 saturated heterocycles. The monoisotopic (exact) mass is 256 g/mol. The van der Waals surface area contributed by atoms with Crippen LogP contribution in [0.3, 0.4) is 0 Å². The summed E-state index contributed by atoms with van der Waals surface area (Å²) in [7, 11) is 0. The summed E-state index contributed by atoms with van der Waals surface area (Å²) in [6.45, 7) is 1.89. The molecular formula is C15H12O4. The number of ketones is 1. The van der Waals surface area contributed by atoms with E-state index in [0.717, 1.165) is 5.56 Å². The van der Waals surface area contributed by atoms with Gasteiger partial charge in [0, 0.05) is 11.1 Å². The molecule has 4 heteroatoms. The molecule has 0 amide bonds. The average Bonchev–Trinajstić information content (AvgIpc) is 2.38. The largest absolute Gasteiger partial charge is 0.507 e. The molecule has 0 heterocycles. The number of carbonyl (C=O) groups excluding carboxylic acids is 1. The number of carboxylic acid groups (broad SMARTS) is 1. The van der Waals surface area contributed by atoms with Gasteiger partial charge in [-0.25, -0.2) is 4.79 Å². The minimum absolute atomic E-state index is 0.0173. The fourth-order valence-corrected chi connectivity index (χ4v) is 1.81. The first-order chi connectivity index (χ1) is 9.00. The number of phenols is 1. The number of hydrogen-bond donors (Lipinski definition) is 2. The topological polar surface area (TPSA) is 74.6 Å². The van der Waals surface area contributed by atoms with Crippen molar-refractivity contribution in [3.8, 4) is 5.75 Å². The van der Waals surface area contributed by atoms with Crippen molar-refractivity contribution in [2.45, 2.75) is 6.92 Å². The molecule has 2 rings (SSSR count). The van der Waals surface area contributed by atoms with Gasteiger partial charge in [-0.05, 0) is 19.1 Å². The number of benzene rings is 2. The van der Waals surface area contributed by atoms with Crippen molar-refractivity contribution in [2.24, 2.45) is 0 Å². The third-order valence-corrected chi connectivity index (χ3v) is 2.81. The van der Waals surface area contributed by atoms with E-state index in [0.29, 0.717) is 5.56 Å². The van der Waals surface area contributed by atoms with E-state index < -0.39 is 17.5 Å². The summed E-state index contributed by atoms with van der Waals surface area (Å²) in [5.74, 6) is -2.16. The van der Waals surface area contributed by atoms with E-state index >= 15 is 0 Å². The highest BCUT2D eigenvalue weighted by Gasteiger charge is 2.21. The second-order valence-electron chi connectivity index (χ2n) is 4.20. The van der Waals surface area contributed by atoms with E-state index in [1.807, 2.05) is 6.92 Å². The third-order valence-electron chi connectivity index (χ3n) is 2.81. The quantitative estimate of drug-likeness (QED) is 0.828. The molecule has 4 nitrogen and oxygen atoms in total. The molecular weight excluding hydrogens is 244 g/mol. The van der Waals surface area contributed by atoms with E-state index in [1.54, 1.807) is 24.3 Å². The van der Waals surface area contributed by atoms with Crippen molar-refractivity contribution in [3.05, 3.63) is 64.7 Å². The normalized spacial score (nSPS) is 10.2. The van der Waals surface area contributed by atoms with Crippen molar-refractivity contribution >= 4 is 11.8 Å². The molecule has 96 valence electrons. The van der Waals surface area contributed by atoms with Crippen molar-refractivity contribution in [2.75, 3.05) is 0 Å². The van der Waals surface area contributed by atoms with E-state index in [4.69, 9.17) is 5.11 Å². The lowest BCUT2D eigenvalue weighted by molar-refractivity contribution is 0.0689. The van der Waals surface area contributed by atoms with E-state index in [1.165, 1.54) is 18.2 Å². The highest BCUT2D eigenvalue weighted by Crippen LogP contribution is 2.23. The first-order valence-corrected chi connectivity index (χ1v) is 5.67. The average molecular weight is 256 g/mol. The van der Waals surface area contributed by atoms with Gasteiger partial charge in [0.25, 0.3) is 0 Å². The van der Waals surface area contributed by atoms with Gasteiger partial charge in [0.2, 0.25) is 0 Å². The summed E-state index contributed by atoms with van der Waals surface area (Å²) in [4.78, 5) is 23.4. The summed E-state index contributed by atoms with van der Waals surface area (Å²) in [6.07, 6.45) is 0. The first-order valence-electron chi connectivity index (χ1n) is 5.67. The lowest BCUT2D eigenvalue weighted by Gasteiger charge is -2.07. The van der Waals surface area contributed by atoms with Gasteiger partial charge in [0.15, 0.2) is 5.78 Å².